The summed E-state index contributed by atoms with van der Waals surface area (Å²) in [5, 5.41) is 12.3. The quantitative estimate of drug-likeness (QED) is 0.703. The number of carbonyl (C=O) groups is 2. The Kier molecular flexibility index (Phi) is 6.37. The van der Waals surface area contributed by atoms with E-state index in [1.165, 1.54) is 31.5 Å². The van der Waals surface area contributed by atoms with Gasteiger partial charge < -0.3 is 19.9 Å². The van der Waals surface area contributed by atoms with Crippen molar-refractivity contribution in [2.75, 3.05) is 7.11 Å². The maximum Gasteiger partial charge on any atom is 0.573 e. The molecular weight excluding hydrogens is 417 g/mol. The number of hydrogen-bond donors (Lipinski definition) is 2. The number of methoxy groups -OCH3 is 1. The lowest BCUT2D eigenvalue weighted by molar-refractivity contribution is -0.274. The van der Waals surface area contributed by atoms with Crippen molar-refractivity contribution in [1.29, 1.82) is 0 Å². The Morgan fingerprint density at radius 1 is 1.16 bits per heavy atom. The van der Waals surface area contributed by atoms with E-state index in [0.717, 1.165) is 18.6 Å². The van der Waals surface area contributed by atoms with Crippen LogP contribution in [-0.4, -0.2) is 41.0 Å². The van der Waals surface area contributed by atoms with Gasteiger partial charge in [-0.2, -0.15) is 0 Å². The molecule has 166 valence electrons. The Morgan fingerprint density at radius 3 is 2.48 bits per heavy atom. The van der Waals surface area contributed by atoms with Gasteiger partial charge in [0.1, 0.15) is 11.3 Å². The second-order valence-corrected chi connectivity index (χ2v) is 7.26. The summed E-state index contributed by atoms with van der Waals surface area (Å²) in [5.74, 6) is -2.08. The van der Waals surface area contributed by atoms with Crippen LogP contribution in [0.1, 0.15) is 42.5 Å². The number of carbonyl (C=O) groups excluding carboxylic acids is 1. The van der Waals surface area contributed by atoms with E-state index in [1.54, 1.807) is 0 Å². The maximum absolute atomic E-state index is 12.8. The predicted molar refractivity (Wildman–Crippen MR) is 104 cm³/mol. The molecule has 31 heavy (non-hydrogen) atoms. The minimum absolute atomic E-state index is 0.0594. The van der Waals surface area contributed by atoms with E-state index in [2.05, 4.69) is 15.0 Å². The van der Waals surface area contributed by atoms with E-state index in [-0.39, 0.29) is 22.6 Å². The summed E-state index contributed by atoms with van der Waals surface area (Å²) in [5.41, 5.74) is -0.748. The molecule has 2 N–H and O–H groups in total. The number of alkyl halides is 3. The molecule has 1 aliphatic rings. The molecule has 1 fully saturated rings. The average Bonchev–Trinajstić information content (AvgIpc) is 2.72. The zero-order valence-electron chi connectivity index (χ0n) is 16.7. The van der Waals surface area contributed by atoms with Crippen LogP contribution in [0.3, 0.4) is 0 Å². The van der Waals surface area contributed by atoms with Crippen molar-refractivity contribution in [1.82, 2.24) is 10.3 Å². The number of carboxylic acids is 1. The van der Waals surface area contributed by atoms with E-state index < -0.39 is 29.5 Å². The molecule has 1 amide bonds. The second kappa shape index (κ2) is 8.83. The Bertz CT molecular complexity index is 972. The van der Waals surface area contributed by atoms with Gasteiger partial charge in [-0.25, -0.2) is 9.78 Å². The Morgan fingerprint density at radius 2 is 1.87 bits per heavy atom. The standard InChI is InChI=1S/C21H21F3N2O5/c1-30-18-16(13-6-5-7-15(10-13)31-21(22,23)24)11-14(12-25-18)17(27)26-20(19(28)29)8-3-2-4-9-20/h5-7,10-12H,2-4,8-9H2,1H3,(H,26,27)(H,28,29). The fraction of sp³-hybridized carbons (Fsp3) is 0.381. The number of halogens is 3. The van der Waals surface area contributed by atoms with Gasteiger partial charge in [-0.05, 0) is 36.6 Å². The molecular formula is C21H21F3N2O5. The molecule has 0 unspecified atom stereocenters. The van der Waals surface area contributed by atoms with Crippen LogP contribution in [0.4, 0.5) is 13.2 Å². The predicted octanol–water partition coefficient (Wildman–Crippen LogP) is 4.17. The van der Waals surface area contributed by atoms with Gasteiger partial charge in [0.25, 0.3) is 5.91 Å². The second-order valence-electron chi connectivity index (χ2n) is 7.26. The van der Waals surface area contributed by atoms with Crippen LogP contribution in [0.5, 0.6) is 11.6 Å². The minimum atomic E-state index is -4.85. The van der Waals surface area contributed by atoms with Crippen LogP contribution in [0.2, 0.25) is 0 Å². The van der Waals surface area contributed by atoms with Crippen LogP contribution in [0, 0.1) is 0 Å². The molecule has 0 aliphatic heterocycles. The minimum Gasteiger partial charge on any atom is -0.481 e. The van der Waals surface area contributed by atoms with Gasteiger partial charge in [-0.15, -0.1) is 13.2 Å². The highest BCUT2D eigenvalue weighted by Gasteiger charge is 2.41. The molecule has 1 aliphatic carbocycles. The molecule has 1 aromatic carbocycles. The van der Waals surface area contributed by atoms with Crippen LogP contribution in [0.15, 0.2) is 36.5 Å². The summed E-state index contributed by atoms with van der Waals surface area (Å²) in [4.78, 5) is 28.7. The fourth-order valence-electron chi connectivity index (χ4n) is 3.64. The number of benzene rings is 1. The van der Waals surface area contributed by atoms with Gasteiger partial charge in [0.15, 0.2) is 0 Å². The molecule has 0 atom stereocenters. The molecule has 2 aromatic rings. The van der Waals surface area contributed by atoms with Crippen molar-refractivity contribution in [2.24, 2.45) is 0 Å². The van der Waals surface area contributed by atoms with E-state index in [9.17, 15) is 27.9 Å². The topological polar surface area (TPSA) is 97.8 Å². The van der Waals surface area contributed by atoms with E-state index in [0.29, 0.717) is 25.7 Å². The number of pyridine rings is 1. The first-order valence-electron chi connectivity index (χ1n) is 9.60. The van der Waals surface area contributed by atoms with Gasteiger partial charge in [-0.1, -0.05) is 31.4 Å². The van der Waals surface area contributed by atoms with Crippen LogP contribution >= 0.6 is 0 Å². The van der Waals surface area contributed by atoms with Gasteiger partial charge in [0.05, 0.1) is 12.7 Å². The van der Waals surface area contributed by atoms with Crippen LogP contribution < -0.4 is 14.8 Å². The maximum atomic E-state index is 12.8. The van der Waals surface area contributed by atoms with Gasteiger partial charge in [0, 0.05) is 11.8 Å². The molecule has 1 saturated carbocycles. The third kappa shape index (κ3) is 5.25. The summed E-state index contributed by atoms with van der Waals surface area (Å²) >= 11 is 0. The third-order valence-corrected chi connectivity index (χ3v) is 5.15. The first-order valence-corrected chi connectivity index (χ1v) is 9.60. The first-order chi connectivity index (χ1) is 14.6. The lowest BCUT2D eigenvalue weighted by Gasteiger charge is -2.34. The number of amides is 1. The summed E-state index contributed by atoms with van der Waals surface area (Å²) in [6.45, 7) is 0. The molecule has 10 heteroatoms. The van der Waals surface area contributed by atoms with Crippen molar-refractivity contribution >= 4 is 11.9 Å². The van der Waals surface area contributed by atoms with Crippen LogP contribution in [-0.2, 0) is 4.79 Å². The molecule has 1 aromatic heterocycles. The number of aliphatic carboxylic acids is 1. The zero-order chi connectivity index (χ0) is 22.6. The normalized spacial score (nSPS) is 15.7. The van der Waals surface area contributed by atoms with Gasteiger partial charge >= 0.3 is 12.3 Å². The Hall–Kier alpha value is -3.30. The Balaban J connectivity index is 1.93. The highest BCUT2D eigenvalue weighted by atomic mass is 19.4. The summed E-state index contributed by atoms with van der Waals surface area (Å²) in [6, 6.07) is 6.57. The molecule has 0 bridgehead atoms. The number of nitrogens with one attached hydrogen (secondary N) is 1. The molecule has 0 saturated heterocycles. The van der Waals surface area contributed by atoms with Crippen molar-refractivity contribution in [3.63, 3.8) is 0 Å². The number of carboxylic acid groups (broad SMARTS) is 1. The Labute approximate surface area is 176 Å². The van der Waals surface area contributed by atoms with Crippen molar-refractivity contribution in [3.05, 3.63) is 42.1 Å². The smallest absolute Gasteiger partial charge is 0.481 e. The number of nitrogens with zero attached hydrogens (tertiary/aromatic N) is 1. The molecule has 3 rings (SSSR count). The average molecular weight is 438 g/mol. The van der Waals surface area contributed by atoms with Gasteiger partial charge in [-0.3, -0.25) is 4.79 Å². The van der Waals surface area contributed by atoms with Crippen molar-refractivity contribution in [3.8, 4) is 22.8 Å². The van der Waals surface area contributed by atoms with E-state index >= 15 is 0 Å². The lowest BCUT2D eigenvalue weighted by atomic mass is 9.81. The zero-order valence-corrected chi connectivity index (χ0v) is 16.7. The van der Waals surface area contributed by atoms with Crippen molar-refractivity contribution < 1.29 is 37.3 Å². The van der Waals surface area contributed by atoms with Crippen molar-refractivity contribution in [2.45, 2.75) is 44.0 Å². The largest absolute Gasteiger partial charge is 0.573 e. The fourth-order valence-corrected chi connectivity index (χ4v) is 3.64. The van der Waals surface area contributed by atoms with Gasteiger partial charge in [0.2, 0.25) is 5.88 Å². The molecule has 7 nitrogen and oxygen atoms in total. The lowest BCUT2D eigenvalue weighted by Crippen LogP contribution is -2.55. The molecule has 0 radical (unpaired) electrons. The summed E-state index contributed by atoms with van der Waals surface area (Å²) < 4.78 is 46.8. The first kappa shape index (κ1) is 22.4. The summed E-state index contributed by atoms with van der Waals surface area (Å²) in [6.07, 6.45) is -0.715. The highest BCUT2D eigenvalue weighted by Crippen LogP contribution is 2.33. The summed E-state index contributed by atoms with van der Waals surface area (Å²) in [7, 11) is 1.34. The molecule has 0 spiro atoms. The number of ether oxygens (including phenoxy) is 2. The van der Waals surface area contributed by atoms with Crippen LogP contribution in [0.25, 0.3) is 11.1 Å². The molecule has 1 heterocycles. The monoisotopic (exact) mass is 438 g/mol. The number of rotatable bonds is 6. The van der Waals surface area contributed by atoms with E-state index in [1.807, 2.05) is 0 Å². The number of hydrogen-bond acceptors (Lipinski definition) is 5. The number of aromatic nitrogens is 1. The third-order valence-electron chi connectivity index (χ3n) is 5.15. The highest BCUT2D eigenvalue weighted by molar-refractivity contribution is 5.98. The SMILES string of the molecule is COc1ncc(C(=O)NC2(C(=O)O)CCCCC2)cc1-c1cccc(OC(F)(F)F)c1. The van der Waals surface area contributed by atoms with E-state index in [4.69, 9.17) is 4.74 Å².